The molecular weight excluding hydrogens is 485 g/mol. The maximum absolute atomic E-state index is 13.1. The first-order valence-electron chi connectivity index (χ1n) is 11.2. The number of aromatic nitrogens is 2. The minimum Gasteiger partial charge on any atom is -0.356 e. The normalized spacial score (nSPS) is 11.0. The number of hydrogen-bond acceptors (Lipinski definition) is 6. The van der Waals surface area contributed by atoms with Gasteiger partial charge in [-0.3, -0.25) is 19.0 Å². The molecule has 6 nitrogen and oxygen atoms in total. The van der Waals surface area contributed by atoms with E-state index in [1.165, 1.54) is 47.4 Å². The number of hydrogen-bond donors (Lipinski definition) is 1. The lowest BCUT2D eigenvalue weighted by Gasteiger charge is -2.12. The Morgan fingerprint density at radius 3 is 2.60 bits per heavy atom. The summed E-state index contributed by atoms with van der Waals surface area (Å²) in [6.45, 7) is 0.872. The fourth-order valence-electron chi connectivity index (χ4n) is 3.56. The molecule has 1 N–H and O–H groups in total. The van der Waals surface area contributed by atoms with Gasteiger partial charge in [0.05, 0.1) is 11.3 Å². The molecule has 0 radical (unpaired) electrons. The van der Waals surface area contributed by atoms with Crippen LogP contribution in [-0.2, 0) is 17.8 Å². The summed E-state index contributed by atoms with van der Waals surface area (Å²) in [5.74, 6) is -0.594. The Morgan fingerprint density at radius 1 is 1.06 bits per heavy atom. The van der Waals surface area contributed by atoms with Crippen molar-refractivity contribution in [3.05, 3.63) is 93.3 Å². The number of thiophene rings is 1. The molecule has 0 saturated heterocycles. The van der Waals surface area contributed by atoms with Crippen molar-refractivity contribution in [1.29, 1.82) is 0 Å². The second kappa shape index (κ2) is 11.9. The Labute approximate surface area is 210 Å². The van der Waals surface area contributed by atoms with Crippen molar-refractivity contribution in [1.82, 2.24) is 14.9 Å². The highest BCUT2D eigenvalue weighted by atomic mass is 32.2. The molecule has 0 spiro atoms. The average molecular weight is 510 g/mol. The minimum atomic E-state index is -0.406. The first kappa shape index (κ1) is 24.8. The molecule has 0 aliphatic rings. The van der Waals surface area contributed by atoms with Gasteiger partial charge in [0.1, 0.15) is 10.5 Å². The van der Waals surface area contributed by atoms with Crippen molar-refractivity contribution < 1.29 is 14.0 Å². The van der Waals surface area contributed by atoms with Gasteiger partial charge in [0, 0.05) is 25.1 Å². The Hall–Kier alpha value is -3.30. The molecule has 0 saturated carbocycles. The molecule has 180 valence electrons. The molecule has 0 atom stereocenters. The third-order valence-electron chi connectivity index (χ3n) is 5.39. The largest absolute Gasteiger partial charge is 0.356 e. The molecule has 4 aromatic rings. The zero-order valence-corrected chi connectivity index (χ0v) is 20.5. The Kier molecular flexibility index (Phi) is 8.44. The number of fused-ring (bicyclic) bond motifs is 1. The molecule has 0 bridgehead atoms. The summed E-state index contributed by atoms with van der Waals surface area (Å²) in [6.07, 6.45) is 1.51. The predicted octanol–water partition coefficient (Wildman–Crippen LogP) is 4.71. The molecule has 2 heterocycles. The number of nitrogens with one attached hydrogen (secondary N) is 1. The number of rotatable bonds is 11. The summed E-state index contributed by atoms with van der Waals surface area (Å²) < 4.78 is 15.2. The third kappa shape index (κ3) is 6.64. The SMILES string of the molecule is O=C(CCCn1c(SCC(=O)c2ccc(F)cc2)nc2ccsc2c1=O)NCCc1ccccc1. The van der Waals surface area contributed by atoms with Crippen LogP contribution in [0.5, 0.6) is 0 Å². The van der Waals surface area contributed by atoms with Gasteiger partial charge in [0.15, 0.2) is 10.9 Å². The van der Waals surface area contributed by atoms with Gasteiger partial charge in [0.25, 0.3) is 5.56 Å². The van der Waals surface area contributed by atoms with Crippen molar-refractivity contribution in [2.45, 2.75) is 31.0 Å². The van der Waals surface area contributed by atoms with Gasteiger partial charge < -0.3 is 5.32 Å². The van der Waals surface area contributed by atoms with E-state index < -0.39 is 5.82 Å². The number of carbonyl (C=O) groups is 2. The minimum absolute atomic E-state index is 0.0632. The second-order valence-corrected chi connectivity index (χ2v) is 9.75. The summed E-state index contributed by atoms with van der Waals surface area (Å²) >= 11 is 2.49. The smallest absolute Gasteiger partial charge is 0.272 e. The van der Waals surface area contributed by atoms with E-state index in [1.54, 1.807) is 10.6 Å². The highest BCUT2D eigenvalue weighted by molar-refractivity contribution is 7.99. The van der Waals surface area contributed by atoms with Gasteiger partial charge in [-0.15, -0.1) is 11.3 Å². The van der Waals surface area contributed by atoms with Crippen molar-refractivity contribution in [2.75, 3.05) is 12.3 Å². The van der Waals surface area contributed by atoms with Gasteiger partial charge in [-0.25, -0.2) is 9.37 Å². The van der Waals surface area contributed by atoms with Gasteiger partial charge >= 0.3 is 0 Å². The van der Waals surface area contributed by atoms with E-state index in [9.17, 15) is 18.8 Å². The van der Waals surface area contributed by atoms with Crippen molar-refractivity contribution in [2.24, 2.45) is 0 Å². The van der Waals surface area contributed by atoms with Crippen LogP contribution in [0.1, 0.15) is 28.8 Å². The van der Waals surface area contributed by atoms with Crippen LogP contribution in [0.2, 0.25) is 0 Å². The lowest BCUT2D eigenvalue weighted by atomic mass is 10.1. The van der Waals surface area contributed by atoms with Crippen LogP contribution in [0, 0.1) is 5.82 Å². The number of amides is 1. The van der Waals surface area contributed by atoms with Crippen molar-refractivity contribution >= 4 is 45.0 Å². The maximum Gasteiger partial charge on any atom is 0.272 e. The van der Waals surface area contributed by atoms with Crippen molar-refractivity contribution in [3.8, 4) is 0 Å². The number of benzene rings is 2. The topological polar surface area (TPSA) is 81.1 Å². The van der Waals surface area contributed by atoms with E-state index in [4.69, 9.17) is 0 Å². The number of Topliss-reactive ketones (excluding diaryl/α,β-unsaturated/α-hetero) is 1. The van der Waals surface area contributed by atoms with Gasteiger partial charge in [0.2, 0.25) is 5.91 Å². The third-order valence-corrected chi connectivity index (χ3v) is 7.26. The molecule has 0 fully saturated rings. The monoisotopic (exact) mass is 509 g/mol. The standard InChI is InChI=1S/C26H24FN3O3S2/c27-20-10-8-19(9-11-20)22(31)17-35-26-29-21-13-16-34-24(21)25(33)30(26)15-4-7-23(32)28-14-12-18-5-2-1-3-6-18/h1-3,5-6,8-11,13,16H,4,7,12,14-15,17H2,(H,28,32). The first-order chi connectivity index (χ1) is 17.0. The van der Waals surface area contributed by atoms with E-state index in [1.807, 2.05) is 35.7 Å². The van der Waals surface area contributed by atoms with Gasteiger partial charge in [-0.1, -0.05) is 42.1 Å². The van der Waals surface area contributed by atoms with Crippen LogP contribution < -0.4 is 10.9 Å². The zero-order valence-electron chi connectivity index (χ0n) is 18.9. The number of ketones is 1. The van der Waals surface area contributed by atoms with Crippen LogP contribution >= 0.6 is 23.1 Å². The highest BCUT2D eigenvalue weighted by Gasteiger charge is 2.15. The number of thioether (sulfide) groups is 1. The fraction of sp³-hybridized carbons (Fsp3) is 0.231. The van der Waals surface area contributed by atoms with E-state index in [0.717, 1.165) is 12.0 Å². The van der Waals surface area contributed by atoms with E-state index in [-0.39, 0.29) is 29.4 Å². The lowest BCUT2D eigenvalue weighted by molar-refractivity contribution is -0.121. The summed E-state index contributed by atoms with van der Waals surface area (Å²) in [5, 5.41) is 5.16. The summed E-state index contributed by atoms with van der Waals surface area (Å²) in [5.41, 5.74) is 1.97. The molecule has 9 heteroatoms. The van der Waals surface area contributed by atoms with E-state index >= 15 is 0 Å². The van der Waals surface area contributed by atoms with Crippen LogP contribution in [0.15, 0.2) is 76.0 Å². The molecule has 0 aliphatic heterocycles. The molecule has 4 rings (SSSR count). The van der Waals surface area contributed by atoms with Crippen LogP contribution in [-0.4, -0.2) is 33.5 Å². The maximum atomic E-state index is 13.1. The molecule has 2 aromatic heterocycles. The Morgan fingerprint density at radius 2 is 1.83 bits per heavy atom. The van der Waals surface area contributed by atoms with E-state index in [2.05, 4.69) is 10.3 Å². The summed E-state index contributed by atoms with van der Waals surface area (Å²) in [4.78, 5) is 42.4. The van der Waals surface area contributed by atoms with Crippen molar-refractivity contribution in [3.63, 3.8) is 0 Å². The molecule has 0 unspecified atom stereocenters. The molecule has 1 amide bonds. The first-order valence-corrected chi connectivity index (χ1v) is 13.1. The molecular formula is C26H24FN3O3S2. The summed E-state index contributed by atoms with van der Waals surface area (Å²) in [7, 11) is 0. The molecule has 0 aliphatic carbocycles. The predicted molar refractivity (Wildman–Crippen MR) is 138 cm³/mol. The molecule has 2 aromatic carbocycles. The Bertz CT molecular complexity index is 1370. The quantitative estimate of drug-likeness (QED) is 0.180. The summed E-state index contributed by atoms with van der Waals surface area (Å²) in [6, 6.07) is 17.1. The Balaban J connectivity index is 1.37. The van der Waals surface area contributed by atoms with Crippen LogP contribution in [0.3, 0.4) is 0 Å². The van der Waals surface area contributed by atoms with Gasteiger partial charge in [-0.05, 0) is 54.1 Å². The number of halogens is 1. The van der Waals surface area contributed by atoms with Crippen LogP contribution in [0.25, 0.3) is 10.2 Å². The fourth-order valence-corrected chi connectivity index (χ4v) is 5.26. The zero-order chi connectivity index (χ0) is 24.6. The number of carbonyl (C=O) groups excluding carboxylic acids is 2. The molecule has 35 heavy (non-hydrogen) atoms. The number of nitrogens with zero attached hydrogens (tertiary/aromatic N) is 2. The lowest BCUT2D eigenvalue weighted by Crippen LogP contribution is -2.27. The average Bonchev–Trinajstić information content (AvgIpc) is 3.34. The second-order valence-electron chi connectivity index (χ2n) is 7.89. The highest BCUT2D eigenvalue weighted by Crippen LogP contribution is 2.22. The van der Waals surface area contributed by atoms with Gasteiger partial charge in [-0.2, -0.15) is 0 Å². The van der Waals surface area contributed by atoms with E-state index in [0.29, 0.717) is 40.4 Å². The van der Waals surface area contributed by atoms with Crippen LogP contribution in [0.4, 0.5) is 4.39 Å².